The molecule has 0 amide bonds. The third-order valence-electron chi connectivity index (χ3n) is 5.27. The highest BCUT2D eigenvalue weighted by Crippen LogP contribution is 2.43. The van der Waals surface area contributed by atoms with Crippen LogP contribution in [0, 0.1) is 22.9 Å². The molecule has 0 aliphatic carbocycles. The maximum absolute atomic E-state index is 13.5. The number of aromatic nitrogens is 3. The molecule has 4 aromatic rings. The Bertz CT molecular complexity index is 1370. The summed E-state index contributed by atoms with van der Waals surface area (Å²) < 4.78 is 26.7. The van der Waals surface area contributed by atoms with Crippen molar-refractivity contribution in [3.05, 3.63) is 105 Å². The summed E-state index contributed by atoms with van der Waals surface area (Å²) in [7, 11) is 1.45. The fraction of sp³-hybridized carbons (Fsp3) is 0.200. The van der Waals surface area contributed by atoms with Gasteiger partial charge < -0.3 is 9.47 Å². The highest BCUT2D eigenvalue weighted by atomic mass is 35.5. The van der Waals surface area contributed by atoms with Gasteiger partial charge in [-0.25, -0.2) is 4.39 Å². The predicted octanol–water partition coefficient (Wildman–Crippen LogP) is 6.07. The van der Waals surface area contributed by atoms with Gasteiger partial charge in [0, 0.05) is 10.6 Å². The van der Waals surface area contributed by atoms with E-state index in [0.29, 0.717) is 27.9 Å². The van der Waals surface area contributed by atoms with Crippen LogP contribution in [0.3, 0.4) is 0 Å². The second kappa shape index (κ2) is 11.4. The minimum atomic E-state index is -0.644. The van der Waals surface area contributed by atoms with E-state index in [1.54, 1.807) is 24.3 Å². The van der Waals surface area contributed by atoms with Crippen LogP contribution in [0.5, 0.6) is 11.5 Å². The lowest BCUT2D eigenvalue weighted by Gasteiger charge is -2.18. The maximum atomic E-state index is 13.5. The fourth-order valence-corrected chi connectivity index (χ4v) is 5.04. The van der Waals surface area contributed by atoms with Gasteiger partial charge in [0.15, 0.2) is 16.7 Å². The molecule has 0 aliphatic heterocycles. The van der Waals surface area contributed by atoms with Gasteiger partial charge in [-0.2, -0.15) is 0 Å². The van der Waals surface area contributed by atoms with Crippen molar-refractivity contribution in [1.82, 2.24) is 14.8 Å². The third kappa shape index (κ3) is 5.95. The summed E-state index contributed by atoms with van der Waals surface area (Å²) in [4.78, 5) is 11.2. The van der Waals surface area contributed by atoms with E-state index in [1.165, 1.54) is 31.0 Å². The Morgan fingerprint density at radius 3 is 2.61 bits per heavy atom. The SMILES string of the molecule is COc1cc([C@@H](C[N+](=O)[O-])Sc2nnc(C)n2-c2ccccc2)cc(Cl)c1OCc1cccc(F)c1. The number of aryl methyl sites for hydroxylation is 1. The van der Waals surface area contributed by atoms with E-state index in [2.05, 4.69) is 10.2 Å². The molecular formula is C25H22ClFN4O4S. The summed E-state index contributed by atoms with van der Waals surface area (Å²) in [6.07, 6.45) is 0. The Hall–Kier alpha value is -3.63. The van der Waals surface area contributed by atoms with E-state index in [1.807, 2.05) is 41.8 Å². The Balaban J connectivity index is 1.65. The Morgan fingerprint density at radius 1 is 1.14 bits per heavy atom. The molecule has 0 unspecified atom stereocenters. The summed E-state index contributed by atoms with van der Waals surface area (Å²) in [5.74, 6) is 0.854. The number of benzene rings is 3. The molecule has 1 aromatic heterocycles. The number of hydrogen-bond donors (Lipinski definition) is 0. The second-order valence-electron chi connectivity index (χ2n) is 7.78. The van der Waals surface area contributed by atoms with Crippen molar-refractivity contribution in [3.63, 3.8) is 0 Å². The number of nitro groups is 1. The third-order valence-corrected chi connectivity index (χ3v) is 6.73. The topological polar surface area (TPSA) is 92.3 Å². The van der Waals surface area contributed by atoms with Crippen LogP contribution in [0.4, 0.5) is 4.39 Å². The average Bonchev–Trinajstić information content (AvgIpc) is 3.22. The zero-order chi connectivity index (χ0) is 25.7. The van der Waals surface area contributed by atoms with Crippen LogP contribution in [0.1, 0.15) is 22.2 Å². The molecule has 8 nitrogen and oxygen atoms in total. The average molecular weight is 529 g/mol. The summed E-state index contributed by atoms with van der Waals surface area (Å²) in [6, 6.07) is 18.8. The van der Waals surface area contributed by atoms with Gasteiger partial charge in [-0.3, -0.25) is 14.7 Å². The number of nitrogens with zero attached hydrogens (tertiary/aromatic N) is 4. The number of halogens is 2. The quantitative estimate of drug-likeness (QED) is 0.140. The zero-order valence-corrected chi connectivity index (χ0v) is 21.0. The first-order valence-electron chi connectivity index (χ1n) is 10.9. The Kier molecular flexibility index (Phi) is 8.07. The lowest BCUT2D eigenvalue weighted by molar-refractivity contribution is -0.479. The summed E-state index contributed by atoms with van der Waals surface area (Å²) in [5.41, 5.74) is 2.03. The normalized spacial score (nSPS) is 11.8. The number of methoxy groups -OCH3 is 1. The minimum Gasteiger partial charge on any atom is -0.493 e. The van der Waals surface area contributed by atoms with E-state index in [4.69, 9.17) is 21.1 Å². The molecule has 0 aliphatic rings. The van der Waals surface area contributed by atoms with Gasteiger partial charge in [0.25, 0.3) is 0 Å². The molecule has 0 N–H and O–H groups in total. The molecule has 11 heteroatoms. The zero-order valence-electron chi connectivity index (χ0n) is 19.4. The van der Waals surface area contributed by atoms with Gasteiger partial charge in [-0.15, -0.1) is 10.2 Å². The van der Waals surface area contributed by atoms with Gasteiger partial charge >= 0.3 is 0 Å². The number of thioether (sulfide) groups is 1. The molecule has 0 bridgehead atoms. The van der Waals surface area contributed by atoms with Crippen LogP contribution in [0.2, 0.25) is 5.02 Å². The van der Waals surface area contributed by atoms with E-state index >= 15 is 0 Å². The molecule has 0 radical (unpaired) electrons. The monoisotopic (exact) mass is 528 g/mol. The number of rotatable bonds is 10. The van der Waals surface area contributed by atoms with Crippen molar-refractivity contribution in [3.8, 4) is 17.2 Å². The predicted molar refractivity (Wildman–Crippen MR) is 135 cm³/mol. The fourth-order valence-electron chi connectivity index (χ4n) is 3.61. The first-order valence-corrected chi connectivity index (χ1v) is 12.1. The van der Waals surface area contributed by atoms with E-state index < -0.39 is 5.25 Å². The molecule has 0 spiro atoms. The van der Waals surface area contributed by atoms with Gasteiger partial charge in [0.2, 0.25) is 6.54 Å². The van der Waals surface area contributed by atoms with Crippen molar-refractivity contribution < 1.29 is 18.8 Å². The number of ether oxygens (including phenoxy) is 2. The standard InChI is InChI=1S/C25H22ClFN4O4S/c1-16-28-29-25(31(16)20-9-4-3-5-10-20)36-23(14-30(32)33)18-12-21(26)24(22(13-18)34-2)35-15-17-7-6-8-19(27)11-17/h3-13,23H,14-15H2,1-2H3/t23-/m1/s1. The Labute approximate surface area is 216 Å². The summed E-state index contributed by atoms with van der Waals surface area (Å²) in [5, 5.41) is 20.1. The second-order valence-corrected chi connectivity index (χ2v) is 9.35. The molecule has 0 saturated heterocycles. The molecule has 1 atom stereocenters. The largest absolute Gasteiger partial charge is 0.493 e. The smallest absolute Gasteiger partial charge is 0.220 e. The number of para-hydroxylation sites is 1. The first kappa shape index (κ1) is 25.5. The minimum absolute atomic E-state index is 0.0692. The van der Waals surface area contributed by atoms with Crippen molar-refractivity contribution in [2.75, 3.05) is 13.7 Å². The number of hydrogen-bond acceptors (Lipinski definition) is 7. The molecule has 3 aromatic carbocycles. The van der Waals surface area contributed by atoms with E-state index in [-0.39, 0.29) is 34.7 Å². The summed E-state index contributed by atoms with van der Waals surface area (Å²) in [6.45, 7) is 1.51. The van der Waals surface area contributed by atoms with Crippen molar-refractivity contribution in [2.45, 2.75) is 23.9 Å². The van der Waals surface area contributed by atoms with Crippen molar-refractivity contribution in [1.29, 1.82) is 0 Å². The molecule has 1 heterocycles. The van der Waals surface area contributed by atoms with Crippen LogP contribution in [0.25, 0.3) is 5.69 Å². The molecule has 0 saturated carbocycles. The highest BCUT2D eigenvalue weighted by molar-refractivity contribution is 7.99. The van der Waals surface area contributed by atoms with Gasteiger partial charge in [-0.1, -0.05) is 53.7 Å². The molecule has 36 heavy (non-hydrogen) atoms. The summed E-state index contributed by atoms with van der Waals surface area (Å²) >= 11 is 7.74. The highest BCUT2D eigenvalue weighted by Gasteiger charge is 2.26. The van der Waals surface area contributed by atoms with Crippen LogP contribution in [-0.2, 0) is 6.61 Å². The molecular weight excluding hydrogens is 507 g/mol. The van der Waals surface area contributed by atoms with Crippen molar-refractivity contribution >= 4 is 23.4 Å². The Morgan fingerprint density at radius 2 is 1.92 bits per heavy atom. The van der Waals surface area contributed by atoms with Crippen LogP contribution in [-0.4, -0.2) is 33.3 Å². The van der Waals surface area contributed by atoms with Crippen LogP contribution >= 0.6 is 23.4 Å². The van der Waals surface area contributed by atoms with Gasteiger partial charge in [0.1, 0.15) is 23.5 Å². The lowest BCUT2D eigenvalue weighted by Crippen LogP contribution is -2.12. The van der Waals surface area contributed by atoms with Crippen LogP contribution < -0.4 is 9.47 Å². The van der Waals surface area contributed by atoms with Crippen LogP contribution in [0.15, 0.2) is 71.9 Å². The van der Waals surface area contributed by atoms with Crippen molar-refractivity contribution in [2.24, 2.45) is 0 Å². The van der Waals surface area contributed by atoms with Gasteiger partial charge in [-0.05, 0) is 54.4 Å². The molecule has 186 valence electrons. The van der Waals surface area contributed by atoms with Gasteiger partial charge in [0.05, 0.1) is 12.1 Å². The maximum Gasteiger partial charge on any atom is 0.220 e. The molecule has 0 fully saturated rings. The van der Waals surface area contributed by atoms with E-state index in [9.17, 15) is 14.5 Å². The molecule has 4 rings (SSSR count). The van der Waals surface area contributed by atoms with E-state index in [0.717, 1.165) is 5.69 Å². The lowest BCUT2D eigenvalue weighted by atomic mass is 10.1. The first-order chi connectivity index (χ1) is 17.4.